The zero-order chi connectivity index (χ0) is 21.5. The molecule has 0 aliphatic heterocycles. The first kappa shape index (κ1) is 22.8. The van der Waals surface area contributed by atoms with E-state index in [1.807, 2.05) is 0 Å². The summed E-state index contributed by atoms with van der Waals surface area (Å²) in [6, 6.07) is 8.53. The van der Waals surface area contributed by atoms with Gasteiger partial charge in [-0.2, -0.15) is 26.3 Å². The van der Waals surface area contributed by atoms with Crippen LogP contribution in [0.1, 0.15) is 17.5 Å². The Morgan fingerprint density at radius 3 is 1.82 bits per heavy atom. The molecule has 5 nitrogen and oxygen atoms in total. The molecule has 0 bridgehead atoms. The van der Waals surface area contributed by atoms with Crippen molar-refractivity contribution in [2.75, 3.05) is 11.1 Å². The molecule has 28 heavy (non-hydrogen) atoms. The van der Waals surface area contributed by atoms with E-state index in [1.54, 1.807) is 0 Å². The third-order valence-electron chi connectivity index (χ3n) is 3.00. The summed E-state index contributed by atoms with van der Waals surface area (Å²) in [7, 11) is 0. The quantitative estimate of drug-likeness (QED) is 0.399. The highest BCUT2D eigenvalue weighted by Crippen LogP contribution is 2.31. The van der Waals surface area contributed by atoms with Crippen LogP contribution < -0.4 is 11.1 Å². The first-order valence-electron chi connectivity index (χ1n) is 7.40. The molecular weight excluding hydrogens is 394 g/mol. The maximum atomic E-state index is 12.3. The number of nitrogens with two attached hydrogens (primary N) is 1. The fraction of sp³-hybridized carbons (Fsp3) is 0.176. The van der Waals surface area contributed by atoms with Crippen LogP contribution in [0, 0.1) is 0 Å². The zero-order valence-electron chi connectivity index (χ0n) is 13.9. The van der Waals surface area contributed by atoms with Gasteiger partial charge in [0.2, 0.25) is 5.91 Å². The van der Waals surface area contributed by atoms with Crippen molar-refractivity contribution < 1.29 is 41.0 Å². The number of alkyl halides is 6. The number of aliphatic carboxylic acids is 1. The molecule has 11 heteroatoms. The molecule has 2 rings (SSSR count). The number of hydrogen-bond acceptors (Lipinski definition) is 3. The van der Waals surface area contributed by atoms with E-state index in [0.717, 1.165) is 30.3 Å². The molecule has 0 saturated carbocycles. The third-order valence-corrected chi connectivity index (χ3v) is 3.00. The molecule has 0 saturated heterocycles. The Bertz CT molecular complexity index is 834. The van der Waals surface area contributed by atoms with Gasteiger partial charge in [0.25, 0.3) is 0 Å². The minimum Gasteiger partial charge on any atom is -0.481 e. The lowest BCUT2D eigenvalue weighted by Crippen LogP contribution is -2.16. The maximum absolute atomic E-state index is 12.3. The second-order valence-electron chi connectivity index (χ2n) is 5.32. The van der Waals surface area contributed by atoms with Gasteiger partial charge in [0, 0.05) is 11.4 Å². The van der Waals surface area contributed by atoms with E-state index >= 15 is 0 Å². The van der Waals surface area contributed by atoms with Crippen molar-refractivity contribution >= 4 is 23.3 Å². The lowest BCUT2D eigenvalue weighted by atomic mass is 10.2. The van der Waals surface area contributed by atoms with Crippen molar-refractivity contribution in [2.24, 2.45) is 0 Å². The lowest BCUT2D eigenvalue weighted by Gasteiger charge is -2.09. The number of benzene rings is 2. The van der Waals surface area contributed by atoms with Crippen LogP contribution in [0.25, 0.3) is 0 Å². The van der Waals surface area contributed by atoms with Crippen LogP contribution >= 0.6 is 0 Å². The predicted molar refractivity (Wildman–Crippen MR) is 88.2 cm³/mol. The number of carboxylic acid groups (broad SMARTS) is 1. The summed E-state index contributed by atoms with van der Waals surface area (Å²) in [6.45, 7) is 0. The topological polar surface area (TPSA) is 92.4 Å². The van der Waals surface area contributed by atoms with E-state index in [9.17, 15) is 35.9 Å². The van der Waals surface area contributed by atoms with E-state index < -0.39 is 41.8 Å². The number of rotatable bonds is 3. The molecule has 2 aromatic rings. The molecule has 0 spiro atoms. The predicted octanol–water partition coefficient (Wildman–Crippen LogP) is 4.41. The highest BCUT2D eigenvalue weighted by atomic mass is 19.4. The van der Waals surface area contributed by atoms with Gasteiger partial charge >= 0.3 is 18.3 Å². The average molecular weight is 408 g/mol. The van der Waals surface area contributed by atoms with Gasteiger partial charge in [-0.05, 0) is 36.4 Å². The van der Waals surface area contributed by atoms with E-state index in [4.69, 9.17) is 10.8 Å². The van der Waals surface area contributed by atoms with Crippen LogP contribution in [0.15, 0.2) is 48.5 Å². The van der Waals surface area contributed by atoms with E-state index in [1.165, 1.54) is 18.2 Å². The van der Waals surface area contributed by atoms with Gasteiger partial charge in [0.15, 0.2) is 0 Å². The Morgan fingerprint density at radius 2 is 1.39 bits per heavy atom. The minimum atomic E-state index is -4.51. The molecule has 0 heterocycles. The van der Waals surface area contributed by atoms with Crippen molar-refractivity contribution in [3.63, 3.8) is 0 Å². The largest absolute Gasteiger partial charge is 0.481 e. The van der Waals surface area contributed by atoms with Crippen molar-refractivity contribution in [1.29, 1.82) is 0 Å². The van der Waals surface area contributed by atoms with E-state index in [2.05, 4.69) is 5.32 Å². The first-order chi connectivity index (χ1) is 12.8. The molecule has 0 aliphatic carbocycles. The fourth-order valence-electron chi connectivity index (χ4n) is 1.83. The van der Waals surface area contributed by atoms with Gasteiger partial charge in [-0.1, -0.05) is 12.1 Å². The number of amides is 1. The van der Waals surface area contributed by atoms with Crippen molar-refractivity contribution in [3.8, 4) is 0 Å². The van der Waals surface area contributed by atoms with Crippen LogP contribution in [0.2, 0.25) is 0 Å². The standard InChI is InChI=1S/C10H8F3NO3.C7H6F3N/c11-10(12,13)6-2-1-3-7(4-6)14-8(15)5-9(16)17;8-7(9,10)5-2-1-3-6(11)4-5/h1-4H,5H2,(H,14,15)(H,16,17);1-4H,11H2. The molecule has 2 aromatic carbocycles. The molecule has 0 atom stereocenters. The lowest BCUT2D eigenvalue weighted by molar-refractivity contribution is -0.140. The summed E-state index contributed by atoms with van der Waals surface area (Å²) in [4.78, 5) is 21.2. The smallest absolute Gasteiger partial charge is 0.416 e. The number of carbonyl (C=O) groups excluding carboxylic acids is 1. The van der Waals surface area contributed by atoms with E-state index in [0.29, 0.717) is 0 Å². The number of hydrogen-bond donors (Lipinski definition) is 3. The number of anilines is 2. The van der Waals surface area contributed by atoms with Crippen LogP contribution in [-0.4, -0.2) is 17.0 Å². The van der Waals surface area contributed by atoms with Gasteiger partial charge in [0.05, 0.1) is 11.1 Å². The second kappa shape index (κ2) is 9.11. The Balaban J connectivity index is 0.000000307. The Hall–Kier alpha value is -3.24. The highest BCUT2D eigenvalue weighted by Gasteiger charge is 2.31. The summed E-state index contributed by atoms with van der Waals surface area (Å²) in [5.41, 5.74) is 3.57. The molecular formula is C17H14F6N2O3. The molecule has 0 aromatic heterocycles. The van der Waals surface area contributed by atoms with Crippen molar-refractivity contribution in [2.45, 2.75) is 18.8 Å². The van der Waals surface area contributed by atoms with Crippen molar-refractivity contribution in [3.05, 3.63) is 59.7 Å². The number of halogens is 6. The zero-order valence-corrected chi connectivity index (χ0v) is 13.9. The van der Waals surface area contributed by atoms with Crippen LogP contribution in [0.5, 0.6) is 0 Å². The third kappa shape index (κ3) is 7.98. The Kier molecular flexibility index (Phi) is 7.42. The summed E-state index contributed by atoms with van der Waals surface area (Å²) in [5.74, 6) is -2.23. The summed E-state index contributed by atoms with van der Waals surface area (Å²) >= 11 is 0. The maximum Gasteiger partial charge on any atom is 0.416 e. The average Bonchev–Trinajstić information content (AvgIpc) is 2.53. The number of nitrogens with one attached hydrogen (secondary N) is 1. The van der Waals surface area contributed by atoms with Gasteiger partial charge in [-0.25, -0.2) is 0 Å². The Morgan fingerprint density at radius 1 is 0.893 bits per heavy atom. The second-order valence-corrected chi connectivity index (χ2v) is 5.32. The fourth-order valence-corrected chi connectivity index (χ4v) is 1.83. The molecule has 152 valence electrons. The van der Waals surface area contributed by atoms with Crippen LogP contribution in [0.4, 0.5) is 37.7 Å². The number of nitrogen functional groups attached to an aromatic ring is 1. The Labute approximate surface area is 154 Å². The molecule has 0 aliphatic rings. The van der Waals surface area contributed by atoms with E-state index in [-0.39, 0.29) is 11.4 Å². The first-order valence-corrected chi connectivity index (χ1v) is 7.40. The molecule has 4 N–H and O–H groups in total. The number of carboxylic acids is 1. The summed E-state index contributed by atoms with van der Waals surface area (Å²) in [6.07, 6.45) is -9.60. The molecule has 0 unspecified atom stereocenters. The number of carbonyl (C=O) groups is 2. The van der Waals surface area contributed by atoms with Crippen LogP contribution in [-0.2, 0) is 21.9 Å². The summed E-state index contributed by atoms with van der Waals surface area (Å²) in [5, 5.41) is 10.4. The summed E-state index contributed by atoms with van der Waals surface area (Å²) < 4.78 is 72.7. The van der Waals surface area contributed by atoms with Gasteiger partial charge < -0.3 is 16.2 Å². The molecule has 0 radical (unpaired) electrons. The molecule has 1 amide bonds. The van der Waals surface area contributed by atoms with Gasteiger partial charge in [-0.3, -0.25) is 9.59 Å². The minimum absolute atomic E-state index is 0.0916. The van der Waals surface area contributed by atoms with Gasteiger partial charge in [-0.15, -0.1) is 0 Å². The molecule has 0 fully saturated rings. The van der Waals surface area contributed by atoms with Crippen LogP contribution in [0.3, 0.4) is 0 Å². The SMILES string of the molecule is Nc1cccc(C(F)(F)F)c1.O=C(O)CC(=O)Nc1cccc(C(F)(F)F)c1. The van der Waals surface area contributed by atoms with Crippen molar-refractivity contribution in [1.82, 2.24) is 0 Å². The monoisotopic (exact) mass is 408 g/mol. The normalized spacial score (nSPS) is 11.2. The highest BCUT2D eigenvalue weighted by molar-refractivity contribution is 6.01. The van der Waals surface area contributed by atoms with Gasteiger partial charge in [0.1, 0.15) is 6.42 Å².